The number of carbonyl (C=O) groups excluding carboxylic acids is 4. The maximum Gasteiger partial charge on any atom is 0.303 e. The molecule has 1 heterocycles. The zero-order valence-corrected chi connectivity index (χ0v) is 21.4. The molecule has 10 N–H and O–H groups in total. The van der Waals surface area contributed by atoms with Gasteiger partial charge in [-0.2, -0.15) is 0 Å². The minimum atomic E-state index is -1.76. The number of primary amides is 1. The molecule has 5 unspecified atom stereocenters. The Balaban J connectivity index is 2.94. The Bertz CT molecular complexity index is 843. The van der Waals surface area contributed by atoms with Gasteiger partial charge in [0, 0.05) is 6.42 Å². The molecule has 0 aliphatic carbocycles. The molecule has 38 heavy (non-hydrogen) atoms. The molecular weight excluding hydrogens is 512 g/mol. The number of hydrogen-bond donors (Lipinski definition) is 9. The summed E-state index contributed by atoms with van der Waals surface area (Å²) in [6.45, 7) is 2.83. The number of aliphatic carboxylic acids is 1. The van der Waals surface area contributed by atoms with Crippen molar-refractivity contribution in [1.29, 1.82) is 0 Å². The Kier molecular flexibility index (Phi) is 13.5. The van der Waals surface area contributed by atoms with Crippen LogP contribution in [0.25, 0.3) is 0 Å². The molecule has 4 amide bonds. The maximum atomic E-state index is 12.8. The van der Waals surface area contributed by atoms with Crippen LogP contribution in [0.2, 0.25) is 0 Å². The van der Waals surface area contributed by atoms with E-state index in [1.807, 2.05) is 0 Å². The molecule has 0 radical (unpaired) electrons. The monoisotopic (exact) mass is 550 g/mol. The van der Waals surface area contributed by atoms with Crippen molar-refractivity contribution < 1.29 is 59.0 Å². The van der Waals surface area contributed by atoms with Gasteiger partial charge in [-0.15, -0.1) is 0 Å². The molecule has 1 fully saturated rings. The minimum absolute atomic E-state index is 0.249. The van der Waals surface area contributed by atoms with Crippen molar-refractivity contribution in [3.8, 4) is 0 Å². The Morgan fingerprint density at radius 3 is 2.16 bits per heavy atom. The van der Waals surface area contributed by atoms with Gasteiger partial charge in [0.05, 0.1) is 25.4 Å². The number of carboxylic acids is 1. The number of nitrogens with one attached hydrogen (secondary N) is 3. The lowest BCUT2D eigenvalue weighted by Crippen LogP contribution is -2.66. The highest BCUT2D eigenvalue weighted by Gasteiger charge is 2.47. The van der Waals surface area contributed by atoms with Crippen molar-refractivity contribution in [2.24, 2.45) is 5.73 Å². The summed E-state index contributed by atoms with van der Waals surface area (Å²) in [5.74, 6) is -4.76. The molecular formula is C22H38N4O12. The topological polar surface area (TPSA) is 267 Å². The lowest BCUT2D eigenvalue weighted by Gasteiger charge is -2.45. The van der Waals surface area contributed by atoms with Crippen molar-refractivity contribution in [3.63, 3.8) is 0 Å². The third kappa shape index (κ3) is 9.45. The van der Waals surface area contributed by atoms with Gasteiger partial charge < -0.3 is 56.7 Å². The van der Waals surface area contributed by atoms with E-state index in [2.05, 4.69) is 16.0 Å². The quantitative estimate of drug-likeness (QED) is 0.0933. The highest BCUT2D eigenvalue weighted by Crippen LogP contribution is 2.26. The molecule has 1 rings (SSSR count). The fourth-order valence-electron chi connectivity index (χ4n) is 3.75. The van der Waals surface area contributed by atoms with Crippen LogP contribution in [0, 0.1) is 0 Å². The third-order valence-corrected chi connectivity index (χ3v) is 5.98. The van der Waals surface area contributed by atoms with E-state index < -0.39 is 104 Å². The van der Waals surface area contributed by atoms with Crippen molar-refractivity contribution >= 4 is 29.6 Å². The number of amides is 4. The van der Waals surface area contributed by atoms with E-state index in [4.69, 9.17) is 25.4 Å². The predicted molar refractivity (Wildman–Crippen MR) is 127 cm³/mol. The van der Waals surface area contributed by atoms with Crippen LogP contribution in [0.15, 0.2) is 0 Å². The van der Waals surface area contributed by atoms with Crippen LogP contribution in [-0.4, -0.2) is 123 Å². The molecule has 218 valence electrons. The number of nitrogens with two attached hydrogens (primary N) is 1. The molecule has 0 bridgehead atoms. The van der Waals surface area contributed by atoms with Crippen LogP contribution >= 0.6 is 0 Å². The van der Waals surface area contributed by atoms with E-state index in [-0.39, 0.29) is 12.8 Å². The summed E-state index contributed by atoms with van der Waals surface area (Å²) in [5.41, 5.74) is 5.19. The Morgan fingerprint density at radius 2 is 1.66 bits per heavy atom. The first-order valence-corrected chi connectivity index (χ1v) is 12.1. The number of aliphatic hydroxyl groups is 4. The van der Waals surface area contributed by atoms with Gasteiger partial charge in [0.25, 0.3) is 5.91 Å². The fourth-order valence-corrected chi connectivity index (χ4v) is 3.75. The van der Waals surface area contributed by atoms with Crippen LogP contribution < -0.4 is 21.7 Å². The summed E-state index contributed by atoms with van der Waals surface area (Å²) in [6, 6.07) is -3.57. The van der Waals surface area contributed by atoms with Gasteiger partial charge in [0.15, 0.2) is 6.10 Å². The van der Waals surface area contributed by atoms with Crippen LogP contribution in [0.4, 0.5) is 0 Å². The second-order valence-electron chi connectivity index (χ2n) is 8.90. The van der Waals surface area contributed by atoms with E-state index in [0.717, 1.165) is 0 Å². The largest absolute Gasteiger partial charge is 0.481 e. The molecule has 0 saturated carbocycles. The normalized spacial score (nSPS) is 26.3. The van der Waals surface area contributed by atoms with Gasteiger partial charge in [0.2, 0.25) is 17.7 Å². The van der Waals surface area contributed by atoms with Crippen molar-refractivity contribution in [2.45, 2.75) is 94.8 Å². The molecule has 0 spiro atoms. The molecule has 1 aliphatic rings. The van der Waals surface area contributed by atoms with Gasteiger partial charge >= 0.3 is 5.97 Å². The predicted octanol–water partition coefficient (Wildman–Crippen LogP) is -4.53. The summed E-state index contributed by atoms with van der Waals surface area (Å²) >= 11 is 0. The molecule has 16 heteroatoms. The summed E-state index contributed by atoms with van der Waals surface area (Å²) in [7, 11) is 0. The molecule has 0 aromatic rings. The average molecular weight is 551 g/mol. The zero-order valence-electron chi connectivity index (χ0n) is 21.4. The van der Waals surface area contributed by atoms with E-state index in [1.54, 1.807) is 6.92 Å². The standard InChI is InChI=1S/C22H38N4O12/c1-4-13-16(26-22(36)12(29)7-27)18(17(32)14(8-28)38-13)37-10(3)21(35)24-9(2)20(34)25-11(19(23)33)5-6-15(30)31/h9-14,16-18,27-29,32H,4-8H2,1-3H3,(H2,23,33)(H,24,35)(H,25,34)(H,26,36)(H,30,31)/t9-,10+,11+,12+,13?,14?,16?,17?,18?/m0/s1. The van der Waals surface area contributed by atoms with Gasteiger partial charge in [0.1, 0.15) is 36.5 Å². The fraction of sp³-hybridized carbons (Fsp3) is 0.773. The average Bonchev–Trinajstić information content (AvgIpc) is 2.87. The first-order valence-electron chi connectivity index (χ1n) is 12.1. The number of carbonyl (C=O) groups is 5. The Morgan fingerprint density at radius 1 is 1.03 bits per heavy atom. The maximum absolute atomic E-state index is 12.8. The van der Waals surface area contributed by atoms with E-state index in [1.165, 1.54) is 13.8 Å². The van der Waals surface area contributed by atoms with E-state index in [0.29, 0.717) is 0 Å². The van der Waals surface area contributed by atoms with Crippen molar-refractivity contribution in [3.05, 3.63) is 0 Å². The number of hydrogen-bond acceptors (Lipinski definition) is 11. The number of carboxylic acid groups (broad SMARTS) is 1. The van der Waals surface area contributed by atoms with Gasteiger partial charge in [-0.05, 0) is 26.7 Å². The van der Waals surface area contributed by atoms with Crippen LogP contribution in [-0.2, 0) is 33.4 Å². The molecule has 9 atom stereocenters. The van der Waals surface area contributed by atoms with Crippen molar-refractivity contribution in [2.75, 3.05) is 13.2 Å². The van der Waals surface area contributed by atoms with Gasteiger partial charge in [-0.1, -0.05) is 6.92 Å². The van der Waals surface area contributed by atoms with Crippen LogP contribution in [0.5, 0.6) is 0 Å². The number of aliphatic hydroxyl groups excluding tert-OH is 4. The molecule has 0 aromatic heterocycles. The van der Waals surface area contributed by atoms with Crippen LogP contribution in [0.3, 0.4) is 0 Å². The number of rotatable bonds is 15. The highest BCUT2D eigenvalue weighted by atomic mass is 16.6. The van der Waals surface area contributed by atoms with Crippen molar-refractivity contribution in [1.82, 2.24) is 16.0 Å². The minimum Gasteiger partial charge on any atom is -0.481 e. The third-order valence-electron chi connectivity index (χ3n) is 5.98. The first-order chi connectivity index (χ1) is 17.8. The SMILES string of the molecule is CCC1OC(CO)C(O)C(O[C@H](C)C(=O)N[C@@H](C)C(=O)N[C@H](CCC(=O)O)C(N)=O)C1NC(=O)[C@H](O)CO. The summed E-state index contributed by atoms with van der Waals surface area (Å²) in [4.78, 5) is 59.7. The van der Waals surface area contributed by atoms with Gasteiger partial charge in [-0.25, -0.2) is 0 Å². The Hall–Kier alpha value is -2.89. The van der Waals surface area contributed by atoms with Gasteiger partial charge in [-0.3, -0.25) is 24.0 Å². The molecule has 16 nitrogen and oxygen atoms in total. The second-order valence-corrected chi connectivity index (χ2v) is 8.90. The first kappa shape index (κ1) is 33.1. The zero-order chi connectivity index (χ0) is 29.2. The highest BCUT2D eigenvalue weighted by molar-refractivity contribution is 5.92. The smallest absolute Gasteiger partial charge is 0.303 e. The summed E-state index contributed by atoms with van der Waals surface area (Å²) in [5, 5.41) is 54.8. The van der Waals surface area contributed by atoms with E-state index in [9.17, 15) is 39.3 Å². The van der Waals surface area contributed by atoms with Crippen LogP contribution in [0.1, 0.15) is 40.0 Å². The van der Waals surface area contributed by atoms with E-state index >= 15 is 0 Å². The molecule has 1 aliphatic heterocycles. The molecule has 1 saturated heterocycles. The lowest BCUT2D eigenvalue weighted by molar-refractivity contribution is -0.218. The summed E-state index contributed by atoms with van der Waals surface area (Å²) < 4.78 is 11.4. The number of ether oxygens (including phenoxy) is 2. The second kappa shape index (κ2) is 15.5. The lowest BCUT2D eigenvalue weighted by atomic mass is 9.90. The molecule has 0 aromatic carbocycles. The Labute approximate surface area is 218 Å². The summed E-state index contributed by atoms with van der Waals surface area (Å²) in [6.07, 6.45) is -8.20.